The Hall–Kier alpha value is -2.24. The van der Waals surface area contributed by atoms with E-state index in [0.29, 0.717) is 11.1 Å². The van der Waals surface area contributed by atoms with Gasteiger partial charge < -0.3 is 4.52 Å². The highest BCUT2D eigenvalue weighted by Gasteiger charge is 2.38. The van der Waals surface area contributed by atoms with Crippen molar-refractivity contribution in [1.82, 2.24) is 14.6 Å². The lowest BCUT2D eigenvalue weighted by atomic mass is 10.1. The minimum atomic E-state index is -4.72. The number of hydrogen-bond acceptors (Lipinski definition) is 6. The van der Waals surface area contributed by atoms with Crippen LogP contribution in [-0.2, 0) is 27.6 Å². The van der Waals surface area contributed by atoms with Gasteiger partial charge in [-0.1, -0.05) is 40.0 Å². The molecule has 0 bridgehead atoms. The molecule has 2 rings (SSSR count). The molecule has 136 valence electrons. The Morgan fingerprint density at radius 2 is 1.96 bits per heavy atom. The van der Waals surface area contributed by atoms with Crippen LogP contribution >= 0.6 is 0 Å². The minimum absolute atomic E-state index is 0.0764. The Balaban J connectivity index is 2.17. The predicted octanol–water partition coefficient (Wildman–Crippen LogP) is 2.63. The lowest BCUT2D eigenvalue weighted by Crippen LogP contribution is -2.31. The average Bonchev–Trinajstić information content (AvgIpc) is 3.03. The van der Waals surface area contributed by atoms with Crippen LogP contribution < -0.4 is 0 Å². The lowest BCUT2D eigenvalue weighted by Gasteiger charge is -2.18. The van der Waals surface area contributed by atoms with Crippen molar-refractivity contribution in [2.24, 2.45) is 0 Å². The summed E-state index contributed by atoms with van der Waals surface area (Å²) in [7, 11) is -2.45. The maximum absolute atomic E-state index is 12.5. The quantitative estimate of drug-likeness (QED) is 0.545. The molecule has 0 fully saturated rings. The van der Waals surface area contributed by atoms with Crippen LogP contribution in [0.25, 0.3) is 11.4 Å². The highest BCUT2D eigenvalue weighted by atomic mass is 32.2. The average molecular weight is 377 g/mol. The molecular weight excluding hydrogens is 363 g/mol. The van der Waals surface area contributed by atoms with E-state index in [0.717, 1.165) is 4.47 Å². The molecule has 25 heavy (non-hydrogen) atoms. The van der Waals surface area contributed by atoms with Gasteiger partial charge in [0.05, 0.1) is 19.4 Å². The molecule has 1 aromatic carbocycles. The standard InChI is InChI=1S/C14H14F3N3O4S/c1-3-8-25(21,22)20(23-2)9-10-4-6-11(7-5-10)12-18-13(24-19-12)14(15,16)17/h3-7H,1,8-9H2,2H3. The van der Waals surface area contributed by atoms with E-state index in [4.69, 9.17) is 4.84 Å². The summed E-state index contributed by atoms with van der Waals surface area (Å²) in [5.41, 5.74) is 0.846. The third-order valence-electron chi connectivity index (χ3n) is 3.03. The van der Waals surface area contributed by atoms with Crippen molar-refractivity contribution in [1.29, 1.82) is 0 Å². The van der Waals surface area contributed by atoms with E-state index in [1.54, 1.807) is 0 Å². The van der Waals surface area contributed by atoms with E-state index in [-0.39, 0.29) is 18.1 Å². The summed E-state index contributed by atoms with van der Waals surface area (Å²) >= 11 is 0. The van der Waals surface area contributed by atoms with Gasteiger partial charge in [0, 0.05) is 5.56 Å². The molecule has 7 nitrogen and oxygen atoms in total. The molecular formula is C14H14F3N3O4S. The fourth-order valence-electron chi connectivity index (χ4n) is 1.87. The first-order valence-corrected chi connectivity index (χ1v) is 8.44. The van der Waals surface area contributed by atoms with Gasteiger partial charge in [0.1, 0.15) is 0 Å². The van der Waals surface area contributed by atoms with Crippen LogP contribution in [0, 0.1) is 0 Å². The Morgan fingerprint density at radius 3 is 2.44 bits per heavy atom. The number of aromatic nitrogens is 2. The molecule has 1 aromatic heterocycles. The van der Waals surface area contributed by atoms with Crippen molar-refractivity contribution in [2.75, 3.05) is 12.9 Å². The maximum atomic E-state index is 12.5. The molecule has 0 N–H and O–H groups in total. The zero-order valence-electron chi connectivity index (χ0n) is 13.0. The van der Waals surface area contributed by atoms with Crippen LogP contribution in [0.2, 0.25) is 0 Å². The first-order valence-electron chi connectivity index (χ1n) is 6.83. The topological polar surface area (TPSA) is 85.5 Å². The number of nitrogens with zero attached hydrogens (tertiary/aromatic N) is 3. The molecule has 0 saturated heterocycles. The second kappa shape index (κ2) is 7.33. The van der Waals surface area contributed by atoms with Crippen LogP contribution in [0.15, 0.2) is 41.4 Å². The van der Waals surface area contributed by atoms with Crippen LogP contribution in [0.1, 0.15) is 11.5 Å². The largest absolute Gasteiger partial charge is 0.471 e. The fraction of sp³-hybridized carbons (Fsp3) is 0.286. The second-order valence-electron chi connectivity index (χ2n) is 4.83. The highest BCUT2D eigenvalue weighted by Crippen LogP contribution is 2.29. The normalized spacial score (nSPS) is 12.5. The number of rotatable bonds is 7. The summed E-state index contributed by atoms with van der Waals surface area (Å²) in [5, 5.41) is 3.28. The van der Waals surface area contributed by atoms with Crippen LogP contribution in [0.5, 0.6) is 0 Å². The second-order valence-corrected chi connectivity index (χ2v) is 6.73. The molecule has 0 aliphatic rings. The monoisotopic (exact) mass is 377 g/mol. The number of halogens is 3. The number of benzene rings is 1. The van der Waals surface area contributed by atoms with Gasteiger partial charge in [-0.2, -0.15) is 18.2 Å². The van der Waals surface area contributed by atoms with Gasteiger partial charge in [-0.15, -0.1) is 6.58 Å². The van der Waals surface area contributed by atoms with Gasteiger partial charge in [0.25, 0.3) is 0 Å². The third-order valence-corrected chi connectivity index (χ3v) is 4.59. The lowest BCUT2D eigenvalue weighted by molar-refractivity contribution is -0.159. The Kier molecular flexibility index (Phi) is 5.60. The first kappa shape index (κ1) is 19.1. The molecule has 0 amide bonds. The van der Waals surface area contributed by atoms with E-state index in [2.05, 4.69) is 21.2 Å². The van der Waals surface area contributed by atoms with Gasteiger partial charge in [-0.05, 0) is 5.56 Å². The van der Waals surface area contributed by atoms with Crippen LogP contribution in [-0.4, -0.2) is 35.9 Å². The zero-order valence-corrected chi connectivity index (χ0v) is 13.8. The number of alkyl halides is 3. The van der Waals surface area contributed by atoms with Gasteiger partial charge in [0.15, 0.2) is 0 Å². The van der Waals surface area contributed by atoms with Crippen molar-refractivity contribution in [3.63, 3.8) is 0 Å². The number of hydrogen-bond donors (Lipinski definition) is 0. The Morgan fingerprint density at radius 1 is 1.32 bits per heavy atom. The van der Waals surface area contributed by atoms with Gasteiger partial charge >= 0.3 is 12.1 Å². The smallest absolute Gasteiger partial charge is 0.329 e. The molecule has 0 atom stereocenters. The summed E-state index contributed by atoms with van der Waals surface area (Å²) in [4.78, 5) is 8.14. The SMILES string of the molecule is C=CCS(=O)(=O)N(Cc1ccc(-c2noc(C(F)(F)F)n2)cc1)OC. The molecule has 0 saturated carbocycles. The summed E-state index contributed by atoms with van der Waals surface area (Å²) in [6.07, 6.45) is -3.48. The van der Waals surface area contributed by atoms with E-state index in [1.807, 2.05) is 0 Å². The molecule has 0 radical (unpaired) electrons. The van der Waals surface area contributed by atoms with Crippen LogP contribution in [0.3, 0.4) is 0 Å². The molecule has 0 spiro atoms. The van der Waals surface area contributed by atoms with E-state index in [9.17, 15) is 21.6 Å². The van der Waals surface area contributed by atoms with Crippen molar-refractivity contribution in [2.45, 2.75) is 12.7 Å². The van der Waals surface area contributed by atoms with Crippen molar-refractivity contribution in [3.8, 4) is 11.4 Å². The van der Waals surface area contributed by atoms with E-state index in [1.165, 1.54) is 37.5 Å². The first-order chi connectivity index (χ1) is 11.7. The summed E-state index contributed by atoms with van der Waals surface area (Å²) in [6, 6.07) is 5.95. The van der Waals surface area contributed by atoms with Crippen molar-refractivity contribution >= 4 is 10.0 Å². The van der Waals surface area contributed by atoms with E-state index < -0.39 is 22.1 Å². The molecule has 1 heterocycles. The molecule has 0 aliphatic heterocycles. The van der Waals surface area contributed by atoms with E-state index >= 15 is 0 Å². The maximum Gasteiger partial charge on any atom is 0.471 e. The number of sulfonamides is 1. The summed E-state index contributed by atoms with van der Waals surface area (Å²) < 4.78 is 66.2. The molecule has 0 unspecified atom stereocenters. The highest BCUT2D eigenvalue weighted by molar-refractivity contribution is 7.89. The minimum Gasteiger partial charge on any atom is -0.329 e. The third kappa shape index (κ3) is 4.65. The molecule has 11 heteroatoms. The summed E-state index contributed by atoms with van der Waals surface area (Å²) in [5.74, 6) is -1.95. The molecule has 2 aromatic rings. The van der Waals surface area contributed by atoms with Crippen molar-refractivity contribution in [3.05, 3.63) is 48.4 Å². The van der Waals surface area contributed by atoms with Gasteiger partial charge in [-0.3, -0.25) is 4.84 Å². The summed E-state index contributed by atoms with van der Waals surface area (Å²) in [6.45, 7) is 3.29. The van der Waals surface area contributed by atoms with Gasteiger partial charge in [-0.25, -0.2) is 8.42 Å². The Bertz CT molecular complexity index is 832. The van der Waals surface area contributed by atoms with Gasteiger partial charge in [0.2, 0.25) is 15.8 Å². The predicted molar refractivity (Wildman–Crippen MR) is 81.3 cm³/mol. The van der Waals surface area contributed by atoms with Crippen molar-refractivity contribution < 1.29 is 30.9 Å². The zero-order chi connectivity index (χ0) is 18.7. The van der Waals surface area contributed by atoms with Crippen LogP contribution in [0.4, 0.5) is 13.2 Å². The number of hydroxylamine groups is 1. The molecule has 0 aliphatic carbocycles. The Labute approximate surface area is 141 Å². The fourth-order valence-corrected chi connectivity index (χ4v) is 2.91.